The summed E-state index contributed by atoms with van der Waals surface area (Å²) in [6.07, 6.45) is 2.36. The predicted octanol–water partition coefficient (Wildman–Crippen LogP) is 5.16. The van der Waals surface area contributed by atoms with Gasteiger partial charge in [-0.15, -0.1) is 11.3 Å². The highest BCUT2D eigenvalue weighted by atomic mass is 32.1. The Bertz CT molecular complexity index is 1500. The van der Waals surface area contributed by atoms with Crippen molar-refractivity contribution in [3.8, 4) is 17.2 Å². The van der Waals surface area contributed by atoms with Gasteiger partial charge in [-0.2, -0.15) is 0 Å². The lowest BCUT2D eigenvalue weighted by Crippen LogP contribution is -2.33. The molecule has 1 atom stereocenters. The van der Waals surface area contributed by atoms with Crippen molar-refractivity contribution >= 4 is 33.9 Å². The molecule has 0 saturated heterocycles. The van der Waals surface area contributed by atoms with E-state index in [9.17, 15) is 19.8 Å². The largest absolute Gasteiger partial charge is 0.504 e. The molecule has 9 heteroatoms. The number of amides is 1. The molecule has 0 aliphatic carbocycles. The first kappa shape index (κ1) is 24.5. The molecule has 3 heterocycles. The van der Waals surface area contributed by atoms with Crippen molar-refractivity contribution in [1.82, 2.24) is 9.88 Å². The number of ketones is 1. The number of H-pyrrole nitrogens is 1. The summed E-state index contributed by atoms with van der Waals surface area (Å²) in [5, 5.41) is 23.9. The fourth-order valence-electron chi connectivity index (χ4n) is 4.71. The van der Waals surface area contributed by atoms with Gasteiger partial charge in [-0.05, 0) is 66.2 Å². The molecule has 5 rings (SSSR count). The maximum atomic E-state index is 13.5. The van der Waals surface area contributed by atoms with E-state index in [2.05, 4.69) is 4.98 Å². The number of benzene rings is 2. The fraction of sp³-hybridized carbons (Fsp3) is 0.214. The number of hydrogen-bond acceptors (Lipinski definition) is 7. The fourth-order valence-corrected chi connectivity index (χ4v) is 5.39. The molecule has 0 spiro atoms. The van der Waals surface area contributed by atoms with Gasteiger partial charge in [0.1, 0.15) is 5.75 Å². The number of phenolic OH excluding ortho intramolecular Hbond substituents is 1. The van der Waals surface area contributed by atoms with Gasteiger partial charge in [0.25, 0.3) is 5.91 Å². The van der Waals surface area contributed by atoms with Gasteiger partial charge in [0.05, 0.1) is 30.2 Å². The molecule has 0 bridgehead atoms. The molecule has 0 unspecified atom stereocenters. The van der Waals surface area contributed by atoms with E-state index in [0.29, 0.717) is 23.5 Å². The van der Waals surface area contributed by atoms with E-state index in [1.807, 2.05) is 24.4 Å². The maximum absolute atomic E-state index is 13.5. The highest BCUT2D eigenvalue weighted by molar-refractivity contribution is 7.12. The zero-order valence-corrected chi connectivity index (χ0v) is 21.2. The molecule has 2 aromatic carbocycles. The van der Waals surface area contributed by atoms with Crippen LogP contribution in [0.15, 0.2) is 71.4 Å². The molecule has 0 radical (unpaired) electrons. The van der Waals surface area contributed by atoms with Gasteiger partial charge in [-0.25, -0.2) is 0 Å². The van der Waals surface area contributed by atoms with E-state index in [1.165, 1.54) is 22.3 Å². The van der Waals surface area contributed by atoms with Crippen LogP contribution in [0.1, 0.15) is 33.8 Å². The summed E-state index contributed by atoms with van der Waals surface area (Å²) in [6.45, 7) is 2.37. The predicted molar refractivity (Wildman–Crippen MR) is 141 cm³/mol. The normalized spacial score (nSPS) is 15.6. The number of methoxy groups -OCH3 is 1. The smallest absolute Gasteiger partial charge is 0.290 e. The first-order chi connectivity index (χ1) is 17.9. The van der Waals surface area contributed by atoms with Crippen LogP contribution in [0.25, 0.3) is 10.9 Å². The lowest BCUT2D eigenvalue weighted by molar-refractivity contribution is -0.129. The second kappa shape index (κ2) is 10.0. The zero-order chi connectivity index (χ0) is 26.1. The molecule has 3 N–H and O–H groups in total. The van der Waals surface area contributed by atoms with Gasteiger partial charge in [0, 0.05) is 23.6 Å². The number of Topliss-reactive ketones (excluding diaryl/α,β-unsaturated/α-hetero) is 1. The number of aliphatic hydroxyl groups excluding tert-OH is 1. The number of carbonyl (C=O) groups is 2. The molecule has 2 aromatic heterocycles. The summed E-state index contributed by atoms with van der Waals surface area (Å²) in [7, 11) is 1.61. The Hall–Kier alpha value is -4.24. The number of ether oxygens (including phenoxy) is 2. The number of rotatable bonds is 9. The standard InChI is InChI=1S/C28H26N2O6S/c1-3-36-22-13-16(6-9-21(22)31)25-24(26(32)23-5-4-12-37-23)27(33)28(34)30(25)11-10-17-15-29-20-8-7-18(35-2)14-19(17)20/h4-9,12-15,25,29,31,33H,3,10-11H2,1-2H3/t25-/m1/s1. The van der Waals surface area contributed by atoms with Crippen LogP contribution in [-0.4, -0.2) is 52.0 Å². The molecule has 1 aliphatic heterocycles. The van der Waals surface area contributed by atoms with Gasteiger partial charge in [0.15, 0.2) is 17.3 Å². The van der Waals surface area contributed by atoms with Crippen molar-refractivity contribution in [1.29, 1.82) is 0 Å². The number of hydrogen-bond donors (Lipinski definition) is 3. The summed E-state index contributed by atoms with van der Waals surface area (Å²) in [6, 6.07) is 13.0. The van der Waals surface area contributed by atoms with Crippen LogP contribution >= 0.6 is 11.3 Å². The van der Waals surface area contributed by atoms with Gasteiger partial charge >= 0.3 is 0 Å². The van der Waals surface area contributed by atoms with Crippen molar-refractivity contribution in [2.45, 2.75) is 19.4 Å². The number of thiophene rings is 1. The Morgan fingerprint density at radius 1 is 1.16 bits per heavy atom. The number of phenols is 1. The van der Waals surface area contributed by atoms with Crippen molar-refractivity contribution in [3.63, 3.8) is 0 Å². The number of nitrogens with zero attached hydrogens (tertiary/aromatic N) is 1. The zero-order valence-electron chi connectivity index (χ0n) is 20.4. The number of nitrogens with one attached hydrogen (secondary N) is 1. The number of fused-ring (bicyclic) bond motifs is 1. The van der Waals surface area contributed by atoms with Crippen LogP contribution in [0.5, 0.6) is 17.2 Å². The summed E-state index contributed by atoms with van der Waals surface area (Å²) in [5.74, 6) is -0.669. The molecular weight excluding hydrogens is 492 g/mol. The van der Waals surface area contributed by atoms with E-state index < -0.39 is 23.5 Å². The molecule has 0 saturated carbocycles. The van der Waals surface area contributed by atoms with E-state index in [-0.39, 0.29) is 23.6 Å². The first-order valence-electron chi connectivity index (χ1n) is 11.8. The SMILES string of the molecule is CCOc1cc([C@@H]2C(C(=O)c3cccs3)=C(O)C(=O)N2CCc2c[nH]c3ccc(OC)cc23)ccc1O. The van der Waals surface area contributed by atoms with Crippen LogP contribution in [-0.2, 0) is 11.2 Å². The Morgan fingerprint density at radius 2 is 2.00 bits per heavy atom. The van der Waals surface area contributed by atoms with Crippen LogP contribution in [0.2, 0.25) is 0 Å². The van der Waals surface area contributed by atoms with Crippen molar-refractivity contribution in [2.75, 3.05) is 20.3 Å². The minimum absolute atomic E-state index is 0.0150. The molecule has 4 aromatic rings. The molecule has 37 heavy (non-hydrogen) atoms. The molecule has 0 fully saturated rings. The molecule has 190 valence electrons. The minimum Gasteiger partial charge on any atom is -0.504 e. The van der Waals surface area contributed by atoms with E-state index in [0.717, 1.165) is 22.2 Å². The summed E-state index contributed by atoms with van der Waals surface area (Å²) in [4.78, 5) is 32.0. The molecule has 1 aliphatic rings. The number of aromatic amines is 1. The van der Waals surface area contributed by atoms with Crippen molar-refractivity contribution < 1.29 is 29.3 Å². The summed E-state index contributed by atoms with van der Waals surface area (Å²) >= 11 is 1.24. The van der Waals surface area contributed by atoms with Crippen LogP contribution in [0, 0.1) is 0 Å². The molecule has 1 amide bonds. The topological polar surface area (TPSA) is 112 Å². The average molecular weight is 519 g/mol. The number of aromatic hydroxyl groups is 1. The highest BCUT2D eigenvalue weighted by Crippen LogP contribution is 2.42. The number of aliphatic hydroxyl groups is 1. The second-order valence-electron chi connectivity index (χ2n) is 8.61. The number of carbonyl (C=O) groups excluding carboxylic acids is 2. The van der Waals surface area contributed by atoms with Crippen LogP contribution < -0.4 is 9.47 Å². The number of aromatic nitrogens is 1. The van der Waals surface area contributed by atoms with Crippen LogP contribution in [0.4, 0.5) is 0 Å². The Balaban J connectivity index is 1.53. The monoisotopic (exact) mass is 518 g/mol. The van der Waals surface area contributed by atoms with Gasteiger partial charge in [-0.3, -0.25) is 9.59 Å². The van der Waals surface area contributed by atoms with Crippen LogP contribution in [0.3, 0.4) is 0 Å². The van der Waals surface area contributed by atoms with E-state index >= 15 is 0 Å². The first-order valence-corrected chi connectivity index (χ1v) is 12.7. The Morgan fingerprint density at radius 3 is 2.73 bits per heavy atom. The lowest BCUT2D eigenvalue weighted by atomic mass is 9.95. The van der Waals surface area contributed by atoms with E-state index in [4.69, 9.17) is 9.47 Å². The van der Waals surface area contributed by atoms with E-state index in [1.54, 1.807) is 43.7 Å². The molecule has 8 nitrogen and oxygen atoms in total. The third kappa shape index (κ3) is 4.42. The lowest BCUT2D eigenvalue weighted by Gasteiger charge is -2.27. The molecular formula is C28H26N2O6S. The van der Waals surface area contributed by atoms with Gasteiger partial charge in [0.2, 0.25) is 5.78 Å². The van der Waals surface area contributed by atoms with Gasteiger partial charge in [-0.1, -0.05) is 12.1 Å². The maximum Gasteiger partial charge on any atom is 0.290 e. The van der Waals surface area contributed by atoms with Gasteiger partial charge < -0.3 is 29.6 Å². The highest BCUT2D eigenvalue weighted by Gasteiger charge is 2.44. The third-order valence-corrected chi connectivity index (χ3v) is 7.36. The second-order valence-corrected chi connectivity index (χ2v) is 9.55. The minimum atomic E-state index is -0.846. The quantitative estimate of drug-likeness (QED) is 0.264. The Kier molecular flexibility index (Phi) is 6.62. The van der Waals surface area contributed by atoms with Crippen molar-refractivity contribution in [2.24, 2.45) is 0 Å². The summed E-state index contributed by atoms with van der Waals surface area (Å²) in [5.41, 5.74) is 2.48. The van der Waals surface area contributed by atoms with Crippen molar-refractivity contribution in [3.05, 3.63) is 87.4 Å². The summed E-state index contributed by atoms with van der Waals surface area (Å²) < 4.78 is 10.9. The Labute approximate surface area is 217 Å². The third-order valence-electron chi connectivity index (χ3n) is 6.49. The average Bonchev–Trinajstić information content (AvgIpc) is 3.63.